The standard InChI is InChI=1S/C20H25ClN2O3/c1-3-23(16-7-5-4-6-8-16)20(25)17-18(22-26-19(17)13(2)24)14-9-11-15(21)12-10-14/h9-13,16,24H,3-8H2,1-2H3. The Balaban J connectivity index is 2.02. The van der Waals surface area contributed by atoms with Crippen molar-refractivity contribution in [3.8, 4) is 11.3 Å². The Bertz CT molecular complexity index is 749. The number of carbonyl (C=O) groups excluding carboxylic acids is 1. The second-order valence-electron chi connectivity index (χ2n) is 6.84. The third kappa shape index (κ3) is 3.79. The number of nitrogens with zero attached hydrogens (tertiary/aromatic N) is 2. The summed E-state index contributed by atoms with van der Waals surface area (Å²) in [4.78, 5) is 15.3. The minimum absolute atomic E-state index is 0.124. The molecule has 26 heavy (non-hydrogen) atoms. The Morgan fingerprint density at radius 3 is 2.54 bits per heavy atom. The number of halogens is 1. The first-order chi connectivity index (χ1) is 12.5. The summed E-state index contributed by atoms with van der Waals surface area (Å²) < 4.78 is 5.36. The summed E-state index contributed by atoms with van der Waals surface area (Å²) in [5, 5.41) is 14.8. The molecule has 0 aliphatic heterocycles. The van der Waals surface area contributed by atoms with Crippen LogP contribution in [0.2, 0.25) is 5.02 Å². The monoisotopic (exact) mass is 376 g/mol. The van der Waals surface area contributed by atoms with E-state index in [9.17, 15) is 9.90 Å². The van der Waals surface area contributed by atoms with Crippen molar-refractivity contribution in [1.29, 1.82) is 0 Å². The maximum absolute atomic E-state index is 13.4. The molecule has 1 aliphatic carbocycles. The predicted octanol–water partition coefficient (Wildman–Crippen LogP) is 4.84. The predicted molar refractivity (Wildman–Crippen MR) is 101 cm³/mol. The van der Waals surface area contributed by atoms with Gasteiger partial charge in [-0.25, -0.2) is 0 Å². The Hall–Kier alpha value is -1.85. The number of aliphatic hydroxyl groups excluding tert-OH is 1. The molecule has 1 atom stereocenters. The summed E-state index contributed by atoms with van der Waals surface area (Å²) in [5.74, 6) is 0.0932. The highest BCUT2D eigenvalue weighted by molar-refractivity contribution is 6.30. The highest BCUT2D eigenvalue weighted by atomic mass is 35.5. The molecule has 1 aromatic heterocycles. The van der Waals surface area contributed by atoms with Gasteiger partial charge >= 0.3 is 0 Å². The molecular formula is C20H25ClN2O3. The maximum Gasteiger partial charge on any atom is 0.260 e. The number of aromatic nitrogens is 1. The van der Waals surface area contributed by atoms with Crippen LogP contribution in [0.4, 0.5) is 0 Å². The maximum atomic E-state index is 13.4. The van der Waals surface area contributed by atoms with E-state index in [0.717, 1.165) is 31.2 Å². The molecule has 5 nitrogen and oxygen atoms in total. The summed E-state index contributed by atoms with van der Waals surface area (Å²) in [6, 6.07) is 7.34. The van der Waals surface area contributed by atoms with E-state index in [2.05, 4.69) is 5.16 Å². The molecule has 1 saturated carbocycles. The van der Waals surface area contributed by atoms with Gasteiger partial charge < -0.3 is 14.5 Å². The van der Waals surface area contributed by atoms with E-state index >= 15 is 0 Å². The summed E-state index contributed by atoms with van der Waals surface area (Å²) in [6.45, 7) is 4.19. The molecule has 1 amide bonds. The Kier molecular flexibility index (Phi) is 5.99. The minimum Gasteiger partial charge on any atom is -0.385 e. The second-order valence-corrected chi connectivity index (χ2v) is 7.27. The van der Waals surface area contributed by atoms with Gasteiger partial charge in [0.15, 0.2) is 5.76 Å². The Morgan fingerprint density at radius 2 is 1.96 bits per heavy atom. The van der Waals surface area contributed by atoms with E-state index in [0.29, 0.717) is 22.8 Å². The van der Waals surface area contributed by atoms with Crippen LogP contribution >= 0.6 is 11.6 Å². The molecule has 1 aromatic carbocycles. The van der Waals surface area contributed by atoms with E-state index in [1.807, 2.05) is 11.8 Å². The normalized spacial score (nSPS) is 16.5. The minimum atomic E-state index is -0.910. The number of benzene rings is 1. The molecular weight excluding hydrogens is 352 g/mol. The molecule has 0 saturated heterocycles. The largest absolute Gasteiger partial charge is 0.385 e. The zero-order valence-electron chi connectivity index (χ0n) is 15.2. The van der Waals surface area contributed by atoms with Gasteiger partial charge in [0, 0.05) is 23.2 Å². The Morgan fingerprint density at radius 1 is 1.31 bits per heavy atom. The number of rotatable bonds is 5. The van der Waals surface area contributed by atoms with Crippen LogP contribution in [-0.4, -0.2) is 33.7 Å². The van der Waals surface area contributed by atoms with Gasteiger partial charge in [-0.2, -0.15) is 0 Å². The third-order valence-corrected chi connectivity index (χ3v) is 5.30. The van der Waals surface area contributed by atoms with Crippen LogP contribution in [0.3, 0.4) is 0 Å². The van der Waals surface area contributed by atoms with Crippen molar-refractivity contribution in [2.45, 2.75) is 58.1 Å². The lowest BCUT2D eigenvalue weighted by Gasteiger charge is -2.33. The fourth-order valence-corrected chi connectivity index (χ4v) is 3.83. The molecule has 1 aliphatic rings. The molecule has 1 N–H and O–H groups in total. The first-order valence-electron chi connectivity index (χ1n) is 9.27. The average Bonchev–Trinajstić information content (AvgIpc) is 3.09. The van der Waals surface area contributed by atoms with Crippen molar-refractivity contribution in [3.05, 3.63) is 40.6 Å². The smallest absolute Gasteiger partial charge is 0.260 e. The van der Waals surface area contributed by atoms with Gasteiger partial charge in [0.1, 0.15) is 17.4 Å². The Labute approximate surface area is 158 Å². The molecule has 0 bridgehead atoms. The van der Waals surface area contributed by atoms with E-state index < -0.39 is 6.10 Å². The van der Waals surface area contributed by atoms with Crippen LogP contribution in [0.15, 0.2) is 28.8 Å². The van der Waals surface area contributed by atoms with Gasteiger partial charge in [0.05, 0.1) is 0 Å². The fourth-order valence-electron chi connectivity index (χ4n) is 3.70. The topological polar surface area (TPSA) is 66.6 Å². The van der Waals surface area contributed by atoms with Gasteiger partial charge in [-0.3, -0.25) is 4.79 Å². The van der Waals surface area contributed by atoms with Crippen molar-refractivity contribution in [3.63, 3.8) is 0 Å². The molecule has 140 valence electrons. The van der Waals surface area contributed by atoms with E-state index in [-0.39, 0.29) is 17.7 Å². The first kappa shape index (κ1) is 18.9. The molecule has 1 heterocycles. The van der Waals surface area contributed by atoms with Gasteiger partial charge in [-0.05, 0) is 38.8 Å². The number of carbonyl (C=O) groups is 1. The van der Waals surface area contributed by atoms with Crippen molar-refractivity contribution < 1.29 is 14.4 Å². The quantitative estimate of drug-likeness (QED) is 0.810. The molecule has 6 heteroatoms. The SMILES string of the molecule is CCN(C(=O)c1c(-c2ccc(Cl)cc2)noc1C(C)O)C1CCCCC1. The number of aliphatic hydroxyl groups is 1. The highest BCUT2D eigenvalue weighted by Crippen LogP contribution is 2.33. The molecule has 0 radical (unpaired) electrons. The third-order valence-electron chi connectivity index (χ3n) is 5.05. The highest BCUT2D eigenvalue weighted by Gasteiger charge is 2.32. The van der Waals surface area contributed by atoms with Crippen molar-refractivity contribution >= 4 is 17.5 Å². The van der Waals surface area contributed by atoms with E-state index in [1.54, 1.807) is 31.2 Å². The van der Waals surface area contributed by atoms with Crippen LogP contribution in [-0.2, 0) is 0 Å². The number of hydrogen-bond donors (Lipinski definition) is 1. The van der Waals surface area contributed by atoms with Crippen LogP contribution in [0.1, 0.15) is 68.2 Å². The van der Waals surface area contributed by atoms with Crippen LogP contribution in [0, 0.1) is 0 Å². The van der Waals surface area contributed by atoms with Crippen LogP contribution < -0.4 is 0 Å². The lowest BCUT2D eigenvalue weighted by molar-refractivity contribution is 0.0637. The molecule has 3 rings (SSSR count). The van der Waals surface area contributed by atoms with Crippen molar-refractivity contribution in [2.75, 3.05) is 6.54 Å². The van der Waals surface area contributed by atoms with Gasteiger partial charge in [0.2, 0.25) is 0 Å². The molecule has 1 fully saturated rings. The summed E-state index contributed by atoms with van der Waals surface area (Å²) in [5.41, 5.74) is 1.56. The summed E-state index contributed by atoms with van der Waals surface area (Å²) >= 11 is 5.97. The molecule has 1 unspecified atom stereocenters. The zero-order chi connectivity index (χ0) is 18.7. The molecule has 2 aromatic rings. The lowest BCUT2D eigenvalue weighted by Crippen LogP contribution is -2.41. The summed E-state index contributed by atoms with van der Waals surface area (Å²) in [6.07, 6.45) is 4.64. The van der Waals surface area contributed by atoms with Gasteiger partial charge in [0.25, 0.3) is 5.91 Å². The van der Waals surface area contributed by atoms with Crippen LogP contribution in [0.5, 0.6) is 0 Å². The zero-order valence-corrected chi connectivity index (χ0v) is 16.0. The van der Waals surface area contributed by atoms with Gasteiger partial charge in [-0.1, -0.05) is 48.2 Å². The van der Waals surface area contributed by atoms with Crippen molar-refractivity contribution in [1.82, 2.24) is 10.1 Å². The number of hydrogen-bond acceptors (Lipinski definition) is 4. The second kappa shape index (κ2) is 8.23. The van der Waals surface area contributed by atoms with Gasteiger partial charge in [-0.15, -0.1) is 0 Å². The lowest BCUT2D eigenvalue weighted by atomic mass is 9.93. The van der Waals surface area contributed by atoms with Crippen molar-refractivity contribution in [2.24, 2.45) is 0 Å². The number of amides is 1. The molecule has 0 spiro atoms. The van der Waals surface area contributed by atoms with E-state index in [1.165, 1.54) is 6.42 Å². The van der Waals surface area contributed by atoms with E-state index in [4.69, 9.17) is 16.1 Å². The fraction of sp³-hybridized carbons (Fsp3) is 0.500. The average molecular weight is 377 g/mol. The summed E-state index contributed by atoms with van der Waals surface area (Å²) in [7, 11) is 0. The first-order valence-corrected chi connectivity index (χ1v) is 9.65. The van der Waals surface area contributed by atoms with Crippen LogP contribution in [0.25, 0.3) is 11.3 Å².